The first kappa shape index (κ1) is 35.3. The van der Waals surface area contributed by atoms with E-state index in [2.05, 4.69) is 103 Å². The van der Waals surface area contributed by atoms with E-state index in [1.54, 1.807) is 12.1 Å². The predicted molar refractivity (Wildman–Crippen MR) is 213 cm³/mol. The molecule has 0 saturated carbocycles. The Morgan fingerprint density at radius 2 is 1.39 bits per heavy atom. The summed E-state index contributed by atoms with van der Waals surface area (Å²) in [5.41, 5.74) is 10.8. The molecule has 1 aliphatic rings. The average Bonchev–Trinajstić information content (AvgIpc) is 3.73. The van der Waals surface area contributed by atoms with E-state index < -0.39 is 0 Å². The van der Waals surface area contributed by atoms with Crippen molar-refractivity contribution in [3.63, 3.8) is 0 Å². The molecule has 270 valence electrons. The number of halogens is 1. The number of aromatic nitrogens is 2. The fourth-order valence-electron chi connectivity index (χ4n) is 7.55. The van der Waals surface area contributed by atoms with E-state index >= 15 is 4.39 Å². The molecule has 0 unspecified atom stereocenters. The monoisotopic (exact) mass is 886 g/mol. The maximum Gasteiger partial charge on any atom is 0.144 e. The van der Waals surface area contributed by atoms with Crippen LogP contribution in [0.3, 0.4) is 0 Å². The summed E-state index contributed by atoms with van der Waals surface area (Å²) in [5.74, 6) is 1.64. The molecule has 6 aromatic carbocycles. The Labute approximate surface area is 329 Å². The van der Waals surface area contributed by atoms with Crippen LogP contribution in [0.4, 0.5) is 27.1 Å². The van der Waals surface area contributed by atoms with E-state index in [0.717, 1.165) is 68.7 Å². The van der Waals surface area contributed by atoms with Crippen LogP contribution < -0.4 is 14.5 Å². The Kier molecular flexibility index (Phi) is 9.55. The van der Waals surface area contributed by atoms with Crippen LogP contribution in [0.2, 0.25) is 0 Å². The van der Waals surface area contributed by atoms with Crippen LogP contribution >= 0.6 is 0 Å². The number of para-hydroxylation sites is 4. The maximum atomic E-state index is 15.2. The van der Waals surface area contributed by atoms with Crippen molar-refractivity contribution in [2.24, 2.45) is 0 Å². The van der Waals surface area contributed by atoms with Crippen molar-refractivity contribution < 1.29 is 30.2 Å². The second-order valence-corrected chi connectivity index (χ2v) is 13.3. The third-order valence-electron chi connectivity index (χ3n) is 10.0. The molecule has 0 spiro atoms. The van der Waals surface area contributed by atoms with Gasteiger partial charge in [-0.05, 0) is 89.9 Å². The van der Waals surface area contributed by atoms with Gasteiger partial charge in [-0.25, -0.2) is 9.37 Å². The van der Waals surface area contributed by atoms with Crippen molar-refractivity contribution in [1.29, 1.82) is 0 Å². The molecule has 0 atom stereocenters. The van der Waals surface area contributed by atoms with Crippen LogP contribution in [-0.4, -0.2) is 9.55 Å². The molecular weight excluding hydrogens is 851 g/mol. The first-order valence-electron chi connectivity index (χ1n) is 18.0. The van der Waals surface area contributed by atoms with Crippen LogP contribution in [-0.2, 0) is 33.9 Å². The van der Waals surface area contributed by atoms with Gasteiger partial charge < -0.3 is 19.1 Å². The molecule has 54 heavy (non-hydrogen) atoms. The molecule has 7 heteroatoms. The molecule has 2 aromatic heterocycles. The number of hydrogen-bond acceptors (Lipinski definition) is 4. The normalized spacial score (nSPS) is 12.3. The van der Waals surface area contributed by atoms with Gasteiger partial charge >= 0.3 is 0 Å². The molecule has 0 amide bonds. The third kappa shape index (κ3) is 6.15. The SMILES string of the molecule is CCc1cccc(CC)c1-c1cc(Oc2[c-]c3c(cc2)c2ccccc2n3-c2cc(C)ccn2)[c-]c(N2[CH-]N(c3ccccc3F)c3ccccc32)c1.[Pt]. The van der Waals surface area contributed by atoms with Gasteiger partial charge in [0.1, 0.15) is 11.6 Å². The smallest absolute Gasteiger partial charge is 0.144 e. The summed E-state index contributed by atoms with van der Waals surface area (Å²) in [6.45, 7) is 8.38. The molecule has 5 nitrogen and oxygen atoms in total. The van der Waals surface area contributed by atoms with Crippen molar-refractivity contribution >= 4 is 44.6 Å². The van der Waals surface area contributed by atoms with E-state index in [1.165, 1.54) is 22.8 Å². The number of ether oxygens (including phenoxy) is 1. The minimum Gasteiger partial charge on any atom is -0.509 e. The van der Waals surface area contributed by atoms with E-state index in [1.807, 2.05) is 66.3 Å². The number of pyridine rings is 1. The van der Waals surface area contributed by atoms with Crippen LogP contribution in [0.1, 0.15) is 30.5 Å². The minimum absolute atomic E-state index is 0. The van der Waals surface area contributed by atoms with E-state index in [4.69, 9.17) is 9.72 Å². The molecule has 0 fully saturated rings. The Hall–Kier alpha value is -5.71. The van der Waals surface area contributed by atoms with Gasteiger partial charge in [-0.1, -0.05) is 80.0 Å². The summed E-state index contributed by atoms with van der Waals surface area (Å²) < 4.78 is 24.2. The summed E-state index contributed by atoms with van der Waals surface area (Å²) >= 11 is 0. The average molecular weight is 887 g/mol. The number of nitrogens with zero attached hydrogens (tertiary/aromatic N) is 4. The van der Waals surface area contributed by atoms with Crippen LogP contribution in [0.5, 0.6) is 11.5 Å². The van der Waals surface area contributed by atoms with Crippen molar-refractivity contribution in [2.45, 2.75) is 33.6 Å². The van der Waals surface area contributed by atoms with Crippen molar-refractivity contribution in [3.8, 4) is 28.4 Å². The Bertz CT molecular complexity index is 2650. The fourth-order valence-corrected chi connectivity index (χ4v) is 7.55. The number of hydrogen-bond donors (Lipinski definition) is 0. The van der Waals surface area contributed by atoms with Gasteiger partial charge in [-0.2, -0.15) is 6.07 Å². The molecule has 1 aliphatic heterocycles. The predicted octanol–water partition coefficient (Wildman–Crippen LogP) is 12.2. The van der Waals surface area contributed by atoms with Gasteiger partial charge in [0.2, 0.25) is 0 Å². The molecule has 0 bridgehead atoms. The first-order chi connectivity index (χ1) is 26.0. The number of aryl methyl sites for hydroxylation is 3. The van der Waals surface area contributed by atoms with Gasteiger partial charge in [0.15, 0.2) is 0 Å². The summed E-state index contributed by atoms with van der Waals surface area (Å²) in [5, 5.41) is 2.19. The molecule has 8 aromatic rings. The summed E-state index contributed by atoms with van der Waals surface area (Å²) in [6.07, 6.45) is 3.61. The Morgan fingerprint density at radius 1 is 0.685 bits per heavy atom. The molecule has 0 N–H and O–H groups in total. The number of rotatable bonds is 8. The molecule has 0 radical (unpaired) electrons. The molecule has 0 saturated heterocycles. The summed E-state index contributed by atoms with van der Waals surface area (Å²) in [6, 6.07) is 49.3. The van der Waals surface area contributed by atoms with Crippen LogP contribution in [0.15, 0.2) is 134 Å². The maximum absolute atomic E-state index is 15.2. The number of benzene rings is 6. The summed E-state index contributed by atoms with van der Waals surface area (Å²) in [7, 11) is 0. The largest absolute Gasteiger partial charge is 0.509 e. The molecule has 9 rings (SSSR count). The van der Waals surface area contributed by atoms with Gasteiger partial charge in [0.05, 0.1) is 0 Å². The number of fused-ring (bicyclic) bond motifs is 4. The van der Waals surface area contributed by atoms with Gasteiger partial charge in [0.25, 0.3) is 0 Å². The zero-order chi connectivity index (χ0) is 36.1. The second-order valence-electron chi connectivity index (χ2n) is 13.3. The van der Waals surface area contributed by atoms with Crippen molar-refractivity contribution in [2.75, 3.05) is 9.80 Å². The third-order valence-corrected chi connectivity index (χ3v) is 10.0. The zero-order valence-electron chi connectivity index (χ0n) is 30.1. The van der Waals surface area contributed by atoms with E-state index in [9.17, 15) is 0 Å². The van der Waals surface area contributed by atoms with Crippen LogP contribution in [0, 0.1) is 31.5 Å². The first-order valence-corrected chi connectivity index (χ1v) is 18.0. The molecule has 0 aliphatic carbocycles. The topological polar surface area (TPSA) is 33.5 Å². The summed E-state index contributed by atoms with van der Waals surface area (Å²) in [4.78, 5) is 8.69. The van der Waals surface area contributed by atoms with Gasteiger partial charge in [-0.15, -0.1) is 53.6 Å². The minimum atomic E-state index is -0.296. The Morgan fingerprint density at radius 3 is 2.13 bits per heavy atom. The number of anilines is 4. The quantitative estimate of drug-likeness (QED) is 0.142. The zero-order valence-corrected chi connectivity index (χ0v) is 32.4. The van der Waals surface area contributed by atoms with Crippen molar-refractivity contribution in [1.82, 2.24) is 9.55 Å². The van der Waals surface area contributed by atoms with E-state index in [0.29, 0.717) is 17.2 Å². The van der Waals surface area contributed by atoms with Gasteiger partial charge in [0, 0.05) is 61.3 Å². The molecular formula is C47H36FN4OPt-3. The van der Waals surface area contributed by atoms with Crippen LogP contribution in [0.25, 0.3) is 38.8 Å². The van der Waals surface area contributed by atoms with Gasteiger partial charge in [-0.3, -0.25) is 0 Å². The Balaban J connectivity index is 0.00000413. The fraction of sp³-hybridized carbons (Fsp3) is 0.106. The van der Waals surface area contributed by atoms with Crippen molar-refractivity contribution in [3.05, 3.63) is 175 Å². The van der Waals surface area contributed by atoms with E-state index in [-0.39, 0.29) is 26.9 Å². The second kappa shape index (κ2) is 14.6. The molecule has 3 heterocycles. The standard InChI is InChI=1S/C47H36FN4O.Pt/c1-4-32-13-12-14-33(5-2)47(32)34-26-35(50-30-51(42-18-9-7-16-40(42)48)44-20-11-10-19-43(44)50)28-37(27-34)53-36-21-22-39-38-15-6-8-17-41(38)52(45(39)29-36)46-25-31(3)23-24-49-46;/h6-27,30H,4-5H2,1-3H3;/q-3;.